The van der Waals surface area contributed by atoms with E-state index in [9.17, 15) is 4.39 Å². The Morgan fingerprint density at radius 3 is 2.76 bits per heavy atom. The quantitative estimate of drug-likeness (QED) is 0.911. The molecule has 0 aliphatic carbocycles. The predicted octanol–water partition coefficient (Wildman–Crippen LogP) is 3.61. The van der Waals surface area contributed by atoms with E-state index in [0.29, 0.717) is 11.7 Å². The normalized spacial score (nSPS) is 18.8. The van der Waals surface area contributed by atoms with Gasteiger partial charge in [-0.05, 0) is 30.2 Å². The monoisotopic (exact) mass is 348 g/mol. The van der Waals surface area contributed by atoms with E-state index in [2.05, 4.69) is 50.4 Å². The van der Waals surface area contributed by atoms with Crippen molar-refractivity contribution in [3.05, 3.63) is 64.4 Å². The van der Waals surface area contributed by atoms with E-state index >= 15 is 0 Å². The largest absolute Gasteiger partial charge is 0.366 e. The first-order chi connectivity index (χ1) is 10.2. The van der Waals surface area contributed by atoms with Crippen molar-refractivity contribution in [2.24, 2.45) is 0 Å². The van der Waals surface area contributed by atoms with E-state index in [4.69, 9.17) is 0 Å². The second-order valence-electron chi connectivity index (χ2n) is 5.38. The number of nitrogens with one attached hydrogen (secondary N) is 1. The van der Waals surface area contributed by atoms with Gasteiger partial charge in [-0.15, -0.1) is 0 Å². The van der Waals surface area contributed by atoms with Crippen LogP contribution in [-0.4, -0.2) is 25.7 Å². The SMILES string of the molecule is Fc1cc(Br)ccc1N1CCNC(Cc2ccccc2)C1. The lowest BCUT2D eigenvalue weighted by Gasteiger charge is -2.35. The number of hydrogen-bond donors (Lipinski definition) is 1. The van der Waals surface area contributed by atoms with Gasteiger partial charge in [0.25, 0.3) is 0 Å². The molecule has 0 amide bonds. The first-order valence-electron chi connectivity index (χ1n) is 7.20. The van der Waals surface area contributed by atoms with Crippen LogP contribution in [0.1, 0.15) is 5.56 Å². The summed E-state index contributed by atoms with van der Waals surface area (Å²) in [6, 6.07) is 16.1. The van der Waals surface area contributed by atoms with Crippen molar-refractivity contribution in [2.75, 3.05) is 24.5 Å². The maximum atomic E-state index is 14.1. The molecule has 1 heterocycles. The minimum absolute atomic E-state index is 0.162. The van der Waals surface area contributed by atoms with Crippen molar-refractivity contribution < 1.29 is 4.39 Å². The van der Waals surface area contributed by atoms with Crippen molar-refractivity contribution in [1.82, 2.24) is 5.32 Å². The molecular formula is C17H18BrFN2. The molecule has 4 heteroatoms. The molecular weight excluding hydrogens is 331 g/mol. The molecule has 1 atom stereocenters. The fourth-order valence-electron chi connectivity index (χ4n) is 2.82. The average molecular weight is 349 g/mol. The summed E-state index contributed by atoms with van der Waals surface area (Å²) in [6.07, 6.45) is 0.968. The summed E-state index contributed by atoms with van der Waals surface area (Å²) in [5, 5.41) is 3.52. The Morgan fingerprint density at radius 2 is 2.00 bits per heavy atom. The number of hydrogen-bond acceptors (Lipinski definition) is 2. The van der Waals surface area contributed by atoms with Gasteiger partial charge in [0.2, 0.25) is 0 Å². The molecule has 0 bridgehead atoms. The van der Waals surface area contributed by atoms with E-state index in [-0.39, 0.29) is 5.82 Å². The highest BCUT2D eigenvalue weighted by atomic mass is 79.9. The number of nitrogens with zero attached hydrogens (tertiary/aromatic N) is 1. The van der Waals surface area contributed by atoms with E-state index in [1.165, 1.54) is 11.6 Å². The summed E-state index contributed by atoms with van der Waals surface area (Å²) in [5.41, 5.74) is 2.01. The first kappa shape index (κ1) is 14.5. The highest BCUT2D eigenvalue weighted by molar-refractivity contribution is 9.10. The van der Waals surface area contributed by atoms with E-state index in [1.54, 1.807) is 0 Å². The minimum atomic E-state index is -0.162. The van der Waals surface area contributed by atoms with Crippen LogP contribution >= 0.6 is 15.9 Å². The van der Waals surface area contributed by atoms with Crippen molar-refractivity contribution in [3.63, 3.8) is 0 Å². The van der Waals surface area contributed by atoms with Crippen LogP contribution in [0.25, 0.3) is 0 Å². The maximum absolute atomic E-state index is 14.1. The van der Waals surface area contributed by atoms with E-state index in [1.807, 2.05) is 18.2 Å². The number of anilines is 1. The second-order valence-corrected chi connectivity index (χ2v) is 6.30. The molecule has 3 rings (SSSR count). The van der Waals surface area contributed by atoms with Crippen molar-refractivity contribution in [1.29, 1.82) is 0 Å². The van der Waals surface area contributed by atoms with Gasteiger partial charge in [-0.1, -0.05) is 46.3 Å². The molecule has 0 spiro atoms. The lowest BCUT2D eigenvalue weighted by molar-refractivity contribution is 0.450. The second kappa shape index (κ2) is 6.58. The fraction of sp³-hybridized carbons (Fsp3) is 0.294. The fourth-order valence-corrected chi connectivity index (χ4v) is 3.15. The van der Waals surface area contributed by atoms with E-state index in [0.717, 1.165) is 30.5 Å². The molecule has 21 heavy (non-hydrogen) atoms. The number of piperazine rings is 1. The lowest BCUT2D eigenvalue weighted by Crippen LogP contribution is -2.51. The van der Waals surface area contributed by atoms with Gasteiger partial charge in [0.15, 0.2) is 0 Å². The van der Waals surface area contributed by atoms with Crippen LogP contribution in [0.5, 0.6) is 0 Å². The first-order valence-corrected chi connectivity index (χ1v) is 7.99. The summed E-state index contributed by atoms with van der Waals surface area (Å²) in [7, 11) is 0. The topological polar surface area (TPSA) is 15.3 Å². The molecule has 1 N–H and O–H groups in total. The third-order valence-corrected chi connectivity index (χ3v) is 4.32. The molecule has 1 saturated heterocycles. The summed E-state index contributed by atoms with van der Waals surface area (Å²) in [5.74, 6) is -0.162. The van der Waals surface area contributed by atoms with Gasteiger partial charge in [0, 0.05) is 30.1 Å². The number of rotatable bonds is 3. The van der Waals surface area contributed by atoms with Gasteiger partial charge in [-0.2, -0.15) is 0 Å². The highest BCUT2D eigenvalue weighted by Gasteiger charge is 2.21. The van der Waals surface area contributed by atoms with Crippen LogP contribution in [0.15, 0.2) is 53.0 Å². The summed E-state index contributed by atoms with van der Waals surface area (Å²) < 4.78 is 14.9. The molecule has 1 fully saturated rings. The molecule has 2 aromatic rings. The molecule has 2 aromatic carbocycles. The Hall–Kier alpha value is -1.39. The third-order valence-electron chi connectivity index (χ3n) is 3.83. The van der Waals surface area contributed by atoms with Crippen molar-refractivity contribution in [2.45, 2.75) is 12.5 Å². The van der Waals surface area contributed by atoms with Gasteiger partial charge >= 0.3 is 0 Å². The molecule has 110 valence electrons. The zero-order chi connectivity index (χ0) is 14.7. The molecule has 1 aliphatic rings. The van der Waals surface area contributed by atoms with Crippen LogP contribution < -0.4 is 10.2 Å². The Bertz CT molecular complexity index is 603. The average Bonchev–Trinajstić information content (AvgIpc) is 2.48. The van der Waals surface area contributed by atoms with Crippen molar-refractivity contribution >= 4 is 21.6 Å². The standard InChI is InChI=1S/C17H18BrFN2/c18-14-6-7-17(16(19)11-14)21-9-8-20-15(12-21)10-13-4-2-1-3-5-13/h1-7,11,15,20H,8-10,12H2. The Balaban J connectivity index is 1.71. The summed E-state index contributed by atoms with van der Waals surface area (Å²) >= 11 is 3.31. The molecule has 1 aliphatic heterocycles. The Kier molecular flexibility index (Phi) is 4.56. The lowest BCUT2D eigenvalue weighted by atomic mass is 10.0. The summed E-state index contributed by atoms with van der Waals surface area (Å²) in [4.78, 5) is 2.13. The molecule has 0 aromatic heterocycles. The van der Waals surface area contributed by atoms with E-state index < -0.39 is 0 Å². The van der Waals surface area contributed by atoms with Gasteiger partial charge in [0.05, 0.1) is 5.69 Å². The third kappa shape index (κ3) is 3.63. The van der Waals surface area contributed by atoms with Gasteiger partial charge in [-0.3, -0.25) is 0 Å². The zero-order valence-electron chi connectivity index (χ0n) is 11.7. The minimum Gasteiger partial charge on any atom is -0.366 e. The van der Waals surface area contributed by atoms with Crippen LogP contribution in [0, 0.1) is 5.82 Å². The maximum Gasteiger partial charge on any atom is 0.147 e. The highest BCUT2D eigenvalue weighted by Crippen LogP contribution is 2.24. The Morgan fingerprint density at radius 1 is 1.19 bits per heavy atom. The van der Waals surface area contributed by atoms with Crippen LogP contribution in [0.2, 0.25) is 0 Å². The number of benzene rings is 2. The van der Waals surface area contributed by atoms with Gasteiger partial charge < -0.3 is 10.2 Å². The molecule has 0 radical (unpaired) electrons. The van der Waals surface area contributed by atoms with Crippen LogP contribution in [-0.2, 0) is 6.42 Å². The summed E-state index contributed by atoms with van der Waals surface area (Å²) in [6.45, 7) is 2.55. The molecule has 1 unspecified atom stereocenters. The van der Waals surface area contributed by atoms with Gasteiger partial charge in [-0.25, -0.2) is 4.39 Å². The number of halogens is 2. The van der Waals surface area contributed by atoms with Crippen LogP contribution in [0.4, 0.5) is 10.1 Å². The van der Waals surface area contributed by atoms with Crippen LogP contribution in [0.3, 0.4) is 0 Å². The van der Waals surface area contributed by atoms with Gasteiger partial charge in [0.1, 0.15) is 5.82 Å². The predicted molar refractivity (Wildman–Crippen MR) is 88.2 cm³/mol. The van der Waals surface area contributed by atoms with Crippen molar-refractivity contribution in [3.8, 4) is 0 Å². The molecule has 2 nitrogen and oxygen atoms in total. The smallest absolute Gasteiger partial charge is 0.147 e. The molecule has 0 saturated carbocycles. The zero-order valence-corrected chi connectivity index (χ0v) is 13.3. The Labute approximate surface area is 133 Å².